The second-order valence-electron chi connectivity index (χ2n) is 8.51. The maximum absolute atomic E-state index is 11.2. The molecule has 0 aromatic heterocycles. The van der Waals surface area contributed by atoms with Crippen LogP contribution in [0.15, 0.2) is 40.9 Å². The highest BCUT2D eigenvalue weighted by molar-refractivity contribution is 6.68. The first-order valence-corrected chi connectivity index (χ1v) is 9.81. The Kier molecular flexibility index (Phi) is 5.20. The average molecular weight is 390 g/mol. The van der Waals surface area contributed by atoms with Crippen LogP contribution in [0.5, 0.6) is 0 Å². The van der Waals surface area contributed by atoms with Gasteiger partial charge in [-0.25, -0.2) is 0 Å². The molecule has 3 rings (SSSR count). The van der Waals surface area contributed by atoms with Gasteiger partial charge in [0, 0.05) is 22.7 Å². The summed E-state index contributed by atoms with van der Waals surface area (Å²) < 4.78 is 0. The third-order valence-electron chi connectivity index (χ3n) is 5.67. The summed E-state index contributed by atoms with van der Waals surface area (Å²) in [6.07, 6.45) is 8.31. The van der Waals surface area contributed by atoms with Crippen molar-refractivity contribution in [2.45, 2.75) is 64.3 Å². The normalized spacial score (nSPS) is 22.1. The fourth-order valence-corrected chi connectivity index (χ4v) is 4.46. The van der Waals surface area contributed by atoms with E-state index in [2.05, 4.69) is 44.8 Å². The van der Waals surface area contributed by atoms with Crippen LogP contribution < -0.4 is 0 Å². The van der Waals surface area contributed by atoms with E-state index in [1.807, 2.05) is 12.2 Å². The second-order valence-corrected chi connectivity index (χ2v) is 9.23. The van der Waals surface area contributed by atoms with E-state index in [-0.39, 0.29) is 10.8 Å². The van der Waals surface area contributed by atoms with Crippen molar-refractivity contribution in [3.8, 4) is 0 Å². The number of carbonyl (C=O) groups excluding carboxylic acids is 1. The van der Waals surface area contributed by atoms with Crippen molar-refractivity contribution in [3.05, 3.63) is 57.6 Å². The molecule has 0 saturated carbocycles. The van der Waals surface area contributed by atoms with Crippen LogP contribution in [0.4, 0.5) is 0 Å². The lowest BCUT2D eigenvalue weighted by atomic mass is 9.63. The molecule has 2 aliphatic rings. The first kappa shape index (κ1) is 19.4. The molecule has 2 aliphatic carbocycles. The molecule has 0 fully saturated rings. The maximum atomic E-state index is 11.2. The number of allylic oxidation sites excluding steroid dienone is 4. The van der Waals surface area contributed by atoms with E-state index in [0.717, 1.165) is 22.7 Å². The molecule has 0 bridgehead atoms. The molecule has 26 heavy (non-hydrogen) atoms. The number of nitrogens with zero attached hydrogens (tertiary/aromatic N) is 1. The Balaban J connectivity index is 1.89. The van der Waals surface area contributed by atoms with E-state index in [1.54, 1.807) is 6.08 Å². The topological polar surface area (TPSA) is 29.4 Å². The Hall–Kier alpha value is -1.38. The molecule has 0 spiro atoms. The minimum Gasteiger partial charge on any atom is -0.285 e. The number of benzene rings is 1. The van der Waals surface area contributed by atoms with E-state index < -0.39 is 5.24 Å². The van der Waals surface area contributed by atoms with Crippen LogP contribution >= 0.6 is 23.2 Å². The van der Waals surface area contributed by atoms with Gasteiger partial charge in [0.15, 0.2) is 0 Å². The third kappa shape index (κ3) is 3.68. The highest BCUT2D eigenvalue weighted by atomic mass is 35.5. The number of aliphatic imine (C=N–C) groups is 1. The summed E-state index contributed by atoms with van der Waals surface area (Å²) in [4.78, 5) is 15.9. The smallest absolute Gasteiger partial charge is 0.252 e. The fraction of sp³-hybridized carbons (Fsp3) is 0.455. The standard InChI is InChI=1S/C22H25Cl2NO/c1-21(2)11-12-22(3,4)18-17(21)10-7-15(19(18)23)13-25-16-8-5-14(6-9-16)20(24)26/h5-8,10H,9,11-13H2,1-4H3. The molecule has 4 heteroatoms. The molecular weight excluding hydrogens is 365 g/mol. The van der Waals surface area contributed by atoms with Gasteiger partial charge in [0.2, 0.25) is 0 Å². The number of rotatable bonds is 3. The zero-order valence-corrected chi connectivity index (χ0v) is 17.3. The van der Waals surface area contributed by atoms with Gasteiger partial charge in [0.05, 0.1) is 6.54 Å². The van der Waals surface area contributed by atoms with Crippen molar-refractivity contribution < 1.29 is 4.79 Å². The lowest BCUT2D eigenvalue weighted by Crippen LogP contribution is -2.34. The zero-order valence-electron chi connectivity index (χ0n) is 15.8. The van der Waals surface area contributed by atoms with E-state index in [1.165, 1.54) is 17.5 Å². The van der Waals surface area contributed by atoms with E-state index in [0.29, 0.717) is 18.5 Å². The van der Waals surface area contributed by atoms with Crippen LogP contribution in [0.2, 0.25) is 5.02 Å². The first-order chi connectivity index (χ1) is 12.1. The molecule has 0 atom stereocenters. The summed E-state index contributed by atoms with van der Waals surface area (Å²) in [6, 6.07) is 4.35. The van der Waals surface area contributed by atoms with Crippen LogP contribution in [0, 0.1) is 0 Å². The molecule has 1 aromatic rings. The molecule has 2 nitrogen and oxygen atoms in total. The Morgan fingerprint density at radius 2 is 1.81 bits per heavy atom. The van der Waals surface area contributed by atoms with Crippen LogP contribution in [0.1, 0.15) is 63.6 Å². The van der Waals surface area contributed by atoms with Crippen LogP contribution in [0.3, 0.4) is 0 Å². The molecule has 1 aromatic carbocycles. The van der Waals surface area contributed by atoms with Crippen molar-refractivity contribution in [2.24, 2.45) is 4.99 Å². The van der Waals surface area contributed by atoms with Crippen LogP contribution in [0.25, 0.3) is 0 Å². The predicted octanol–water partition coefficient (Wildman–Crippen LogP) is 6.28. The number of fused-ring (bicyclic) bond motifs is 1. The van der Waals surface area contributed by atoms with Crippen molar-refractivity contribution >= 4 is 34.2 Å². The lowest BCUT2D eigenvalue weighted by molar-refractivity contribution is -0.108. The van der Waals surface area contributed by atoms with E-state index in [4.69, 9.17) is 23.2 Å². The third-order valence-corrected chi connectivity index (χ3v) is 6.32. The van der Waals surface area contributed by atoms with E-state index >= 15 is 0 Å². The summed E-state index contributed by atoms with van der Waals surface area (Å²) in [5.74, 6) is 0. The SMILES string of the molecule is CC1(C)CCC(C)(C)c2c1ccc(CN=C1C=CC(C(=O)Cl)=CC1)c2Cl. The molecule has 0 saturated heterocycles. The Labute approximate surface area is 166 Å². The second kappa shape index (κ2) is 6.98. The van der Waals surface area contributed by atoms with Gasteiger partial charge in [-0.15, -0.1) is 0 Å². The van der Waals surface area contributed by atoms with Gasteiger partial charge in [0.1, 0.15) is 0 Å². The number of carbonyl (C=O) groups is 1. The van der Waals surface area contributed by atoms with Crippen LogP contribution in [-0.4, -0.2) is 11.0 Å². The fourth-order valence-electron chi connectivity index (χ4n) is 3.84. The largest absolute Gasteiger partial charge is 0.285 e. The summed E-state index contributed by atoms with van der Waals surface area (Å²) in [6.45, 7) is 9.70. The maximum Gasteiger partial charge on any atom is 0.252 e. The first-order valence-electron chi connectivity index (χ1n) is 9.05. The quantitative estimate of drug-likeness (QED) is 0.559. The summed E-state index contributed by atoms with van der Waals surface area (Å²) in [7, 11) is 0. The van der Waals surface area contributed by atoms with Gasteiger partial charge in [-0.05, 0) is 64.1 Å². The van der Waals surface area contributed by atoms with Gasteiger partial charge in [-0.3, -0.25) is 9.79 Å². The van der Waals surface area contributed by atoms with Crippen molar-refractivity contribution in [2.75, 3.05) is 0 Å². The summed E-state index contributed by atoms with van der Waals surface area (Å²) in [5, 5.41) is 0.430. The minimum atomic E-state index is -0.428. The van der Waals surface area contributed by atoms with Gasteiger partial charge in [0.25, 0.3) is 5.24 Å². The van der Waals surface area contributed by atoms with Gasteiger partial charge in [-0.1, -0.05) is 57.5 Å². The molecule has 0 heterocycles. The van der Waals surface area contributed by atoms with Gasteiger partial charge >= 0.3 is 0 Å². The molecule has 0 unspecified atom stereocenters. The highest BCUT2D eigenvalue weighted by Crippen LogP contribution is 2.49. The zero-order chi connectivity index (χ0) is 19.1. The Morgan fingerprint density at radius 3 is 2.42 bits per heavy atom. The van der Waals surface area contributed by atoms with Crippen LogP contribution in [-0.2, 0) is 22.2 Å². The molecule has 0 radical (unpaired) electrons. The molecule has 0 amide bonds. The summed E-state index contributed by atoms with van der Waals surface area (Å²) in [5.41, 5.74) is 5.39. The minimum absolute atomic E-state index is 0.0776. The molecule has 0 aliphatic heterocycles. The van der Waals surface area contributed by atoms with Crippen molar-refractivity contribution in [1.29, 1.82) is 0 Å². The highest BCUT2D eigenvalue weighted by Gasteiger charge is 2.38. The molecular formula is C22H25Cl2NO. The molecule has 138 valence electrons. The van der Waals surface area contributed by atoms with Crippen molar-refractivity contribution in [1.82, 2.24) is 0 Å². The number of hydrogen-bond donors (Lipinski definition) is 0. The predicted molar refractivity (Wildman–Crippen MR) is 111 cm³/mol. The average Bonchev–Trinajstić information content (AvgIpc) is 2.58. The monoisotopic (exact) mass is 389 g/mol. The molecule has 0 N–H and O–H groups in total. The van der Waals surface area contributed by atoms with E-state index in [9.17, 15) is 4.79 Å². The lowest BCUT2D eigenvalue weighted by Gasteiger charge is -2.42. The Bertz CT molecular complexity index is 844. The Morgan fingerprint density at radius 1 is 1.12 bits per heavy atom. The summed E-state index contributed by atoms with van der Waals surface area (Å²) >= 11 is 12.4. The van der Waals surface area contributed by atoms with Crippen molar-refractivity contribution in [3.63, 3.8) is 0 Å². The number of hydrogen-bond acceptors (Lipinski definition) is 2. The number of halogens is 2. The van der Waals surface area contributed by atoms with Gasteiger partial charge < -0.3 is 0 Å². The van der Waals surface area contributed by atoms with Gasteiger partial charge in [-0.2, -0.15) is 0 Å².